The van der Waals surface area contributed by atoms with Gasteiger partial charge in [0.2, 0.25) is 0 Å². The fourth-order valence-corrected chi connectivity index (χ4v) is 3.58. The van der Waals surface area contributed by atoms with Gasteiger partial charge in [-0.2, -0.15) is 0 Å². The first kappa shape index (κ1) is 20.8. The van der Waals surface area contributed by atoms with Crippen LogP contribution in [0.1, 0.15) is 52.6 Å². The van der Waals surface area contributed by atoms with Gasteiger partial charge < -0.3 is 15.5 Å². The number of carboxylic acid groups (broad SMARTS) is 1. The summed E-state index contributed by atoms with van der Waals surface area (Å²) in [6, 6.07) is 12.7. The lowest BCUT2D eigenvalue weighted by Gasteiger charge is -2.17. The van der Waals surface area contributed by atoms with Crippen LogP contribution in [0.15, 0.2) is 54.6 Å². The van der Waals surface area contributed by atoms with Crippen LogP contribution < -0.4 is 15.3 Å². The maximum absolute atomic E-state index is 13.0. The Morgan fingerprint density at radius 1 is 0.938 bits per heavy atom. The number of fused-ring (bicyclic) bond motifs is 1. The van der Waals surface area contributed by atoms with Gasteiger partial charge in [-0.1, -0.05) is 24.3 Å². The molecule has 8 heteroatoms. The topological polar surface area (TPSA) is 127 Å². The zero-order chi connectivity index (χ0) is 23.2. The molecule has 3 aromatic rings. The lowest BCUT2D eigenvalue weighted by Crippen LogP contribution is -2.30. The summed E-state index contributed by atoms with van der Waals surface area (Å²) in [5.41, 5.74) is 2.12. The first-order valence-electron chi connectivity index (χ1n) is 9.64. The number of carbonyl (C=O) groups is 4. The first-order valence-corrected chi connectivity index (χ1v) is 9.64. The third-order valence-corrected chi connectivity index (χ3v) is 5.44. The van der Waals surface area contributed by atoms with Gasteiger partial charge in [-0.3, -0.25) is 14.4 Å². The van der Waals surface area contributed by atoms with E-state index in [-0.39, 0.29) is 27.9 Å². The number of carboxylic acids is 1. The van der Waals surface area contributed by atoms with Crippen molar-refractivity contribution in [3.63, 3.8) is 0 Å². The molecule has 0 bridgehead atoms. The summed E-state index contributed by atoms with van der Waals surface area (Å²) in [5.74, 6) is -3.58. The van der Waals surface area contributed by atoms with Crippen LogP contribution >= 0.6 is 0 Å². The molecule has 8 nitrogen and oxygen atoms in total. The van der Waals surface area contributed by atoms with Gasteiger partial charge in [0.1, 0.15) is 0 Å². The normalized spacial score (nSPS) is 12.6. The van der Waals surface area contributed by atoms with Gasteiger partial charge in [0, 0.05) is 5.56 Å². The number of carbonyl (C=O) groups excluding carboxylic acids is 3. The molecule has 160 valence electrons. The molecule has 3 aromatic carbocycles. The predicted molar refractivity (Wildman–Crippen MR) is 114 cm³/mol. The van der Waals surface area contributed by atoms with Gasteiger partial charge in [-0.15, -0.1) is 5.75 Å². The minimum absolute atomic E-state index is 0.0537. The minimum atomic E-state index is -1.36. The smallest absolute Gasteiger partial charge is 0.337 e. The van der Waals surface area contributed by atoms with Crippen LogP contribution in [0.2, 0.25) is 0 Å². The molecule has 0 saturated carbocycles. The Morgan fingerprint density at radius 2 is 1.66 bits per heavy atom. The van der Waals surface area contributed by atoms with E-state index in [1.165, 1.54) is 24.3 Å². The van der Waals surface area contributed by atoms with Crippen molar-refractivity contribution in [2.24, 2.45) is 0 Å². The highest BCUT2D eigenvalue weighted by Crippen LogP contribution is 2.32. The standard InChI is InChI=1S/C24H18N2O6/c1-12-4-3-5-20(13(12)2)26-22(29)16-8-6-14(10-17(16)23(26)30)21(28)25-19-9-7-15(27)11-18(19)24(31)32/h3-11,27H,1-2H3,(H,25,28)(H,31,32)/p-1. The van der Waals surface area contributed by atoms with Crippen LogP contribution in [0.5, 0.6) is 5.75 Å². The number of nitrogens with one attached hydrogen (secondary N) is 1. The zero-order valence-electron chi connectivity index (χ0n) is 17.1. The van der Waals surface area contributed by atoms with Gasteiger partial charge in [0.25, 0.3) is 17.7 Å². The molecule has 0 spiro atoms. The predicted octanol–water partition coefficient (Wildman–Crippen LogP) is 3.13. The summed E-state index contributed by atoms with van der Waals surface area (Å²) in [6.45, 7) is 3.70. The highest BCUT2D eigenvalue weighted by molar-refractivity contribution is 6.35. The Hall–Kier alpha value is -4.46. The molecule has 0 atom stereocenters. The molecule has 0 saturated heterocycles. The van der Waals surface area contributed by atoms with E-state index in [0.29, 0.717) is 5.69 Å². The van der Waals surface area contributed by atoms with Crippen molar-refractivity contribution in [1.29, 1.82) is 0 Å². The maximum atomic E-state index is 13.0. The van der Waals surface area contributed by atoms with Gasteiger partial charge >= 0.3 is 5.97 Å². The van der Waals surface area contributed by atoms with Crippen LogP contribution in [0.3, 0.4) is 0 Å². The Labute approximate surface area is 182 Å². The third kappa shape index (κ3) is 3.37. The molecule has 1 aliphatic rings. The largest absolute Gasteiger partial charge is 0.872 e. The number of rotatable bonds is 4. The monoisotopic (exact) mass is 429 g/mol. The molecule has 0 unspecified atom stereocenters. The van der Waals surface area contributed by atoms with Gasteiger partial charge in [-0.25, -0.2) is 9.69 Å². The van der Waals surface area contributed by atoms with Crippen LogP contribution in [-0.4, -0.2) is 28.8 Å². The van der Waals surface area contributed by atoms with Gasteiger partial charge in [0.05, 0.1) is 28.1 Å². The van der Waals surface area contributed by atoms with Crippen molar-refractivity contribution in [3.05, 3.63) is 88.0 Å². The fourth-order valence-electron chi connectivity index (χ4n) is 3.58. The van der Waals surface area contributed by atoms with Crippen LogP contribution in [0.25, 0.3) is 0 Å². The highest BCUT2D eigenvalue weighted by Gasteiger charge is 2.38. The number of imide groups is 1. The molecule has 32 heavy (non-hydrogen) atoms. The van der Waals surface area contributed by atoms with Crippen LogP contribution in [-0.2, 0) is 0 Å². The van der Waals surface area contributed by atoms with Crippen molar-refractivity contribution in [1.82, 2.24) is 0 Å². The summed E-state index contributed by atoms with van der Waals surface area (Å²) in [7, 11) is 0. The average molecular weight is 429 g/mol. The fraction of sp³-hybridized carbons (Fsp3) is 0.0833. The van der Waals surface area contributed by atoms with Crippen molar-refractivity contribution in [3.8, 4) is 5.75 Å². The second-order valence-electron chi connectivity index (χ2n) is 7.39. The van der Waals surface area contributed by atoms with Crippen molar-refractivity contribution in [2.45, 2.75) is 13.8 Å². The second kappa shape index (κ2) is 7.66. The highest BCUT2D eigenvalue weighted by atomic mass is 16.4. The van der Waals surface area contributed by atoms with E-state index in [1.807, 2.05) is 19.9 Å². The SMILES string of the molecule is Cc1cccc(N2C(=O)c3ccc(C(=O)Nc4ccc([O-])cc4C(=O)O)cc3C2=O)c1C. The lowest BCUT2D eigenvalue weighted by atomic mass is 10.0. The van der Waals surface area contributed by atoms with E-state index >= 15 is 0 Å². The zero-order valence-corrected chi connectivity index (χ0v) is 17.1. The van der Waals surface area contributed by atoms with E-state index < -0.39 is 29.4 Å². The van der Waals surface area contributed by atoms with Crippen LogP contribution in [0.4, 0.5) is 11.4 Å². The number of hydrogen-bond acceptors (Lipinski definition) is 5. The molecular weight excluding hydrogens is 412 g/mol. The molecule has 1 heterocycles. The quantitative estimate of drug-likeness (QED) is 0.614. The molecule has 4 rings (SSSR count). The molecule has 0 fully saturated rings. The molecule has 3 amide bonds. The summed E-state index contributed by atoms with van der Waals surface area (Å²) in [6.07, 6.45) is 0. The number of aromatic carboxylic acids is 1. The molecule has 1 aliphatic heterocycles. The summed E-state index contributed by atoms with van der Waals surface area (Å²) in [5, 5.41) is 23.1. The second-order valence-corrected chi connectivity index (χ2v) is 7.39. The van der Waals surface area contributed by atoms with Crippen LogP contribution in [0, 0.1) is 13.8 Å². The minimum Gasteiger partial charge on any atom is -0.872 e. The maximum Gasteiger partial charge on any atom is 0.337 e. The summed E-state index contributed by atoms with van der Waals surface area (Å²) < 4.78 is 0. The average Bonchev–Trinajstić information content (AvgIpc) is 3.01. The molecule has 0 radical (unpaired) electrons. The molecular formula is C24H17N2O6-. The Bertz CT molecular complexity index is 1330. The van der Waals surface area contributed by atoms with Crippen molar-refractivity contribution >= 4 is 35.1 Å². The molecule has 0 aliphatic carbocycles. The van der Waals surface area contributed by atoms with Crippen molar-refractivity contribution < 1.29 is 29.4 Å². The number of hydrogen-bond donors (Lipinski definition) is 2. The summed E-state index contributed by atoms with van der Waals surface area (Å²) >= 11 is 0. The Morgan fingerprint density at radius 3 is 2.38 bits per heavy atom. The van der Waals surface area contributed by atoms with E-state index in [4.69, 9.17) is 0 Å². The first-order chi connectivity index (χ1) is 15.2. The van der Waals surface area contributed by atoms with E-state index in [9.17, 15) is 29.4 Å². The number of nitrogens with zero attached hydrogens (tertiary/aromatic N) is 1. The summed E-state index contributed by atoms with van der Waals surface area (Å²) in [4.78, 5) is 51.1. The molecule has 2 N–H and O–H groups in total. The lowest BCUT2D eigenvalue weighted by molar-refractivity contribution is -0.268. The number of benzene rings is 3. The Balaban J connectivity index is 1.67. The molecule has 0 aromatic heterocycles. The van der Waals surface area contributed by atoms with Crippen molar-refractivity contribution in [2.75, 3.05) is 10.2 Å². The van der Waals surface area contributed by atoms with E-state index in [2.05, 4.69) is 5.32 Å². The third-order valence-electron chi connectivity index (χ3n) is 5.44. The number of amides is 3. The van der Waals surface area contributed by atoms with E-state index in [0.717, 1.165) is 28.2 Å². The Kier molecular flexibility index (Phi) is 4.98. The van der Waals surface area contributed by atoms with Gasteiger partial charge in [0.15, 0.2) is 0 Å². The van der Waals surface area contributed by atoms with E-state index in [1.54, 1.807) is 12.1 Å². The number of anilines is 2. The number of aryl methyl sites for hydroxylation is 1. The van der Waals surface area contributed by atoms with Gasteiger partial charge in [-0.05, 0) is 55.3 Å².